The summed E-state index contributed by atoms with van der Waals surface area (Å²) >= 11 is 2.06. The van der Waals surface area contributed by atoms with Gasteiger partial charge in [-0.25, -0.2) is 0 Å². The highest BCUT2D eigenvalue weighted by molar-refractivity contribution is 8.00. The molecule has 1 atom stereocenters. The fraction of sp³-hybridized carbons (Fsp3) is 0.786. The van der Waals surface area contributed by atoms with Crippen molar-refractivity contribution < 1.29 is 0 Å². The van der Waals surface area contributed by atoms with E-state index in [4.69, 9.17) is 0 Å². The van der Waals surface area contributed by atoms with Crippen LogP contribution in [0.2, 0.25) is 0 Å². The number of rotatable bonds is 4. The van der Waals surface area contributed by atoms with Crippen molar-refractivity contribution in [3.8, 4) is 0 Å². The minimum Gasteiger partial charge on any atom is -0.355 e. The number of hydrogen-bond acceptors (Lipinski definition) is 4. The highest BCUT2D eigenvalue weighted by Gasteiger charge is 2.17. The highest BCUT2D eigenvalue weighted by atomic mass is 32.2. The van der Waals surface area contributed by atoms with Crippen LogP contribution < -0.4 is 10.6 Å². The van der Waals surface area contributed by atoms with E-state index in [1.807, 2.05) is 7.05 Å². The number of guanidine groups is 1. The van der Waals surface area contributed by atoms with Crippen LogP contribution in [0, 0.1) is 0 Å². The van der Waals surface area contributed by atoms with Crippen molar-refractivity contribution in [3.63, 3.8) is 0 Å². The first-order chi connectivity index (χ1) is 10.4. The van der Waals surface area contributed by atoms with Gasteiger partial charge >= 0.3 is 0 Å². The summed E-state index contributed by atoms with van der Waals surface area (Å²) in [4.78, 5) is 4.29. The lowest BCUT2D eigenvalue weighted by atomic mass is 10.2. The Morgan fingerprint density at radius 1 is 1.33 bits per heavy atom. The molecule has 1 unspecified atom stereocenters. The molecule has 2 aliphatic heterocycles. The second-order valence-electron chi connectivity index (χ2n) is 5.58. The second kappa shape index (κ2) is 7.15. The fourth-order valence-electron chi connectivity index (χ4n) is 2.90. The van der Waals surface area contributed by atoms with E-state index in [9.17, 15) is 0 Å². The molecule has 6 nitrogen and oxygen atoms in total. The number of thioether (sulfide) groups is 1. The topological polar surface area (TPSA) is 67.1 Å². The molecule has 0 radical (unpaired) electrons. The average Bonchev–Trinajstić information content (AvgIpc) is 3.17. The van der Waals surface area contributed by atoms with Crippen molar-refractivity contribution in [2.45, 2.75) is 50.4 Å². The average molecular weight is 308 g/mol. The predicted molar refractivity (Wildman–Crippen MR) is 86.6 cm³/mol. The summed E-state index contributed by atoms with van der Waals surface area (Å²) in [5.41, 5.74) is 0. The fourth-order valence-corrected chi connectivity index (χ4v) is 4.10. The van der Waals surface area contributed by atoms with Crippen molar-refractivity contribution in [3.05, 3.63) is 11.6 Å². The monoisotopic (exact) mass is 308 g/mol. The molecule has 0 aliphatic carbocycles. The molecule has 1 aromatic rings. The van der Waals surface area contributed by atoms with Gasteiger partial charge in [-0.3, -0.25) is 4.99 Å². The molecule has 0 bridgehead atoms. The minimum absolute atomic E-state index is 0.685. The number of nitrogens with one attached hydrogen (secondary N) is 2. The molecule has 2 N–H and O–H groups in total. The maximum atomic E-state index is 4.31. The molecule has 3 rings (SSSR count). The molecule has 1 saturated heterocycles. The summed E-state index contributed by atoms with van der Waals surface area (Å²) in [5, 5.41) is 16.1. The van der Waals surface area contributed by atoms with Gasteiger partial charge in [0.25, 0.3) is 0 Å². The number of aliphatic imine (C=N–C) groups is 1. The van der Waals surface area contributed by atoms with Crippen LogP contribution in [0.3, 0.4) is 0 Å². The summed E-state index contributed by atoms with van der Waals surface area (Å²) in [6.45, 7) is 2.72. The van der Waals surface area contributed by atoms with Crippen molar-refractivity contribution in [1.82, 2.24) is 25.4 Å². The van der Waals surface area contributed by atoms with Gasteiger partial charge in [0, 0.05) is 31.8 Å². The van der Waals surface area contributed by atoms with Crippen LogP contribution in [0.15, 0.2) is 4.99 Å². The summed E-state index contributed by atoms with van der Waals surface area (Å²) in [6, 6.07) is 0. The summed E-state index contributed by atoms with van der Waals surface area (Å²) in [5.74, 6) is 4.30. The van der Waals surface area contributed by atoms with E-state index < -0.39 is 0 Å². The van der Waals surface area contributed by atoms with E-state index in [0.717, 1.165) is 42.4 Å². The van der Waals surface area contributed by atoms with Gasteiger partial charge in [-0.15, -0.1) is 10.2 Å². The van der Waals surface area contributed by atoms with Crippen LogP contribution in [0.1, 0.15) is 37.3 Å². The Morgan fingerprint density at radius 2 is 2.29 bits per heavy atom. The van der Waals surface area contributed by atoms with Crippen LogP contribution >= 0.6 is 11.8 Å². The van der Waals surface area contributed by atoms with Crippen LogP contribution in [-0.2, 0) is 19.5 Å². The maximum absolute atomic E-state index is 4.31. The van der Waals surface area contributed by atoms with Gasteiger partial charge in [0.1, 0.15) is 5.82 Å². The van der Waals surface area contributed by atoms with Crippen LogP contribution in [0.4, 0.5) is 0 Å². The number of hydrogen-bond donors (Lipinski definition) is 2. The molecular weight excluding hydrogens is 284 g/mol. The molecule has 0 amide bonds. The van der Waals surface area contributed by atoms with Crippen molar-refractivity contribution in [1.29, 1.82) is 0 Å². The number of nitrogens with zero attached hydrogens (tertiary/aromatic N) is 4. The van der Waals surface area contributed by atoms with E-state index in [2.05, 4.69) is 42.2 Å². The number of aryl methyl sites for hydroxylation is 1. The Balaban J connectivity index is 1.49. The smallest absolute Gasteiger partial charge is 0.191 e. The van der Waals surface area contributed by atoms with Gasteiger partial charge in [-0.2, -0.15) is 11.8 Å². The molecule has 0 saturated carbocycles. The van der Waals surface area contributed by atoms with Gasteiger partial charge in [-0.05, 0) is 31.4 Å². The maximum Gasteiger partial charge on any atom is 0.191 e. The molecule has 7 heteroatoms. The van der Waals surface area contributed by atoms with Crippen molar-refractivity contribution in [2.24, 2.45) is 4.99 Å². The first kappa shape index (κ1) is 14.7. The zero-order chi connectivity index (χ0) is 14.5. The lowest BCUT2D eigenvalue weighted by Gasteiger charge is -2.17. The van der Waals surface area contributed by atoms with Crippen molar-refractivity contribution in [2.75, 3.05) is 19.3 Å². The molecule has 0 spiro atoms. The Morgan fingerprint density at radius 3 is 3.10 bits per heavy atom. The first-order valence-electron chi connectivity index (χ1n) is 7.84. The predicted octanol–water partition coefficient (Wildman–Crippen LogP) is 1.17. The van der Waals surface area contributed by atoms with Crippen LogP contribution in [0.5, 0.6) is 0 Å². The summed E-state index contributed by atoms with van der Waals surface area (Å²) in [6.07, 6.45) is 6.16. The molecule has 0 aromatic carbocycles. The Hall–Kier alpha value is -1.24. The Kier molecular flexibility index (Phi) is 5.00. The molecule has 116 valence electrons. The van der Waals surface area contributed by atoms with E-state index in [1.54, 1.807) is 0 Å². The van der Waals surface area contributed by atoms with Gasteiger partial charge < -0.3 is 15.2 Å². The largest absolute Gasteiger partial charge is 0.355 e. The van der Waals surface area contributed by atoms with Crippen LogP contribution in [0.25, 0.3) is 0 Å². The normalized spacial score (nSPS) is 22.1. The van der Waals surface area contributed by atoms with E-state index in [1.165, 1.54) is 31.4 Å². The Bertz CT molecular complexity index is 492. The standard InChI is InChI=1S/C14H24N6S/c1-15-14(16-9-11-5-4-8-21-11)17-10-13-19-18-12-6-2-3-7-20(12)13/h11H,2-10H2,1H3,(H2,15,16,17). The van der Waals surface area contributed by atoms with Crippen LogP contribution in [-0.4, -0.2) is 45.3 Å². The van der Waals surface area contributed by atoms with Gasteiger partial charge in [0.05, 0.1) is 6.54 Å². The Labute approximate surface area is 130 Å². The van der Waals surface area contributed by atoms with Gasteiger partial charge in [-0.1, -0.05) is 0 Å². The van der Waals surface area contributed by atoms with E-state index >= 15 is 0 Å². The third kappa shape index (κ3) is 3.70. The highest BCUT2D eigenvalue weighted by Crippen LogP contribution is 2.25. The third-order valence-corrected chi connectivity index (χ3v) is 5.49. The van der Waals surface area contributed by atoms with Gasteiger partial charge in [0.15, 0.2) is 11.8 Å². The minimum atomic E-state index is 0.685. The zero-order valence-corrected chi connectivity index (χ0v) is 13.5. The second-order valence-corrected chi connectivity index (χ2v) is 6.99. The molecule has 1 aromatic heterocycles. The summed E-state index contributed by atoms with van der Waals surface area (Å²) < 4.78 is 2.25. The zero-order valence-electron chi connectivity index (χ0n) is 12.6. The van der Waals surface area contributed by atoms with Gasteiger partial charge in [0.2, 0.25) is 0 Å². The SMILES string of the molecule is CN=C(NCc1nnc2n1CCCC2)NCC1CCCS1. The number of aromatic nitrogens is 3. The number of fused-ring (bicyclic) bond motifs is 1. The molecule has 2 aliphatic rings. The van der Waals surface area contributed by atoms with E-state index in [-0.39, 0.29) is 0 Å². The quantitative estimate of drug-likeness (QED) is 0.646. The van der Waals surface area contributed by atoms with E-state index in [0.29, 0.717) is 6.54 Å². The molecular formula is C14H24N6S. The molecule has 21 heavy (non-hydrogen) atoms. The summed E-state index contributed by atoms with van der Waals surface area (Å²) in [7, 11) is 1.82. The van der Waals surface area contributed by atoms with Crippen molar-refractivity contribution >= 4 is 17.7 Å². The molecule has 1 fully saturated rings. The lowest BCUT2D eigenvalue weighted by molar-refractivity contribution is 0.504. The first-order valence-corrected chi connectivity index (χ1v) is 8.89. The lowest BCUT2D eigenvalue weighted by Crippen LogP contribution is -2.40. The molecule has 3 heterocycles. The third-order valence-electron chi connectivity index (χ3n) is 4.09.